The summed E-state index contributed by atoms with van der Waals surface area (Å²) in [6, 6.07) is 0. The van der Waals surface area contributed by atoms with Gasteiger partial charge in [-0.25, -0.2) is 0 Å². The lowest BCUT2D eigenvalue weighted by molar-refractivity contribution is 0.538. The number of allylic oxidation sites excluding steroid dienone is 1. The van der Waals surface area contributed by atoms with Crippen molar-refractivity contribution in [1.29, 1.82) is 0 Å². The maximum Gasteiger partial charge on any atom is 0.0897 e. The van der Waals surface area contributed by atoms with E-state index >= 15 is 0 Å². The maximum absolute atomic E-state index is 5.22. The highest BCUT2D eigenvalue weighted by Gasteiger charge is 2.04. The molecule has 0 aromatic heterocycles. The van der Waals surface area contributed by atoms with Gasteiger partial charge in [0, 0.05) is 0 Å². The zero-order valence-electron chi connectivity index (χ0n) is 5.73. The second kappa shape index (κ2) is 2.07. The highest BCUT2D eigenvalue weighted by Crippen LogP contribution is 2.13. The van der Waals surface area contributed by atoms with Crippen LogP contribution >= 0.6 is 0 Å². The van der Waals surface area contributed by atoms with Crippen LogP contribution in [0.4, 0.5) is 0 Å². The first-order valence-corrected chi connectivity index (χ1v) is 2.65. The molecule has 0 fully saturated rings. The van der Waals surface area contributed by atoms with Crippen LogP contribution in [0.1, 0.15) is 20.8 Å². The van der Waals surface area contributed by atoms with Gasteiger partial charge in [-0.3, -0.25) is 0 Å². The molecule has 2 heteroatoms. The van der Waals surface area contributed by atoms with Gasteiger partial charge in [0.05, 0.1) is 5.82 Å². The van der Waals surface area contributed by atoms with Gasteiger partial charge < -0.3 is 11.5 Å². The molecule has 2 nitrogen and oxygen atoms in total. The van der Waals surface area contributed by atoms with E-state index in [2.05, 4.69) is 0 Å². The maximum atomic E-state index is 5.22. The lowest BCUT2D eigenvalue weighted by atomic mass is 9.97. The van der Waals surface area contributed by atoms with E-state index in [-0.39, 0.29) is 5.41 Å². The van der Waals surface area contributed by atoms with Gasteiger partial charge in [-0.15, -0.1) is 0 Å². The molecular weight excluding hydrogens is 100 g/mol. The molecule has 4 N–H and O–H groups in total. The fraction of sp³-hybridized carbons (Fsp3) is 0.667. The topological polar surface area (TPSA) is 52.0 Å². The molecule has 0 saturated carbocycles. The molecule has 0 heterocycles. The van der Waals surface area contributed by atoms with Crippen LogP contribution in [0, 0.1) is 5.41 Å². The van der Waals surface area contributed by atoms with Gasteiger partial charge in [-0.05, 0) is 11.5 Å². The van der Waals surface area contributed by atoms with Crippen LogP contribution in [0.3, 0.4) is 0 Å². The van der Waals surface area contributed by atoms with Crippen molar-refractivity contribution >= 4 is 0 Å². The van der Waals surface area contributed by atoms with Crippen LogP contribution in [0.25, 0.3) is 0 Å². The number of rotatable bonds is 0. The van der Waals surface area contributed by atoms with Crippen molar-refractivity contribution in [2.75, 3.05) is 0 Å². The van der Waals surface area contributed by atoms with Crippen LogP contribution in [0.15, 0.2) is 11.9 Å². The van der Waals surface area contributed by atoms with Crippen LogP contribution in [-0.2, 0) is 0 Å². The van der Waals surface area contributed by atoms with E-state index in [1.54, 1.807) is 0 Å². The minimum atomic E-state index is 0.110. The molecule has 0 radical (unpaired) electrons. The highest BCUT2D eigenvalue weighted by atomic mass is 14.8. The first-order valence-electron chi connectivity index (χ1n) is 2.65. The zero-order chi connectivity index (χ0) is 6.78. The molecule has 0 aromatic rings. The third-order valence-electron chi connectivity index (χ3n) is 0.600. The van der Waals surface area contributed by atoms with Crippen LogP contribution < -0.4 is 11.5 Å². The summed E-state index contributed by atoms with van der Waals surface area (Å²) in [4.78, 5) is 0. The Balaban J connectivity index is 3.89. The lowest BCUT2D eigenvalue weighted by Crippen LogP contribution is -2.13. The van der Waals surface area contributed by atoms with Crippen molar-refractivity contribution in [3.63, 3.8) is 0 Å². The minimum Gasteiger partial charge on any atom is -0.386 e. The summed E-state index contributed by atoms with van der Waals surface area (Å²) in [7, 11) is 0. The predicted octanol–water partition coefficient (Wildman–Crippen LogP) is 0.791. The first kappa shape index (κ1) is 7.34. The molecule has 0 bridgehead atoms. The van der Waals surface area contributed by atoms with E-state index in [0.717, 1.165) is 0 Å². The van der Waals surface area contributed by atoms with Gasteiger partial charge in [0.15, 0.2) is 0 Å². The molecule has 8 heavy (non-hydrogen) atoms. The van der Waals surface area contributed by atoms with E-state index < -0.39 is 0 Å². The molecule has 0 aliphatic rings. The third-order valence-corrected chi connectivity index (χ3v) is 0.600. The third kappa shape index (κ3) is 5.34. The Kier molecular flexibility index (Phi) is 1.90. The van der Waals surface area contributed by atoms with Gasteiger partial charge in [-0.2, -0.15) is 0 Å². The Hall–Kier alpha value is -0.660. The van der Waals surface area contributed by atoms with E-state index in [4.69, 9.17) is 11.5 Å². The summed E-state index contributed by atoms with van der Waals surface area (Å²) < 4.78 is 0. The van der Waals surface area contributed by atoms with Gasteiger partial charge in [0.25, 0.3) is 0 Å². The molecule has 0 saturated heterocycles. The Labute approximate surface area is 50.6 Å². The molecule has 48 valence electrons. The second-order valence-electron chi connectivity index (χ2n) is 3.01. The average Bonchev–Trinajstić information content (AvgIpc) is 1.21. The van der Waals surface area contributed by atoms with Gasteiger partial charge in [-0.1, -0.05) is 20.8 Å². The quantitative estimate of drug-likeness (QED) is 0.489. The second-order valence-corrected chi connectivity index (χ2v) is 3.01. The van der Waals surface area contributed by atoms with Crippen LogP contribution in [0.2, 0.25) is 0 Å². The number of hydrogen-bond donors (Lipinski definition) is 2. The molecule has 0 amide bonds. The Morgan fingerprint density at radius 3 is 1.62 bits per heavy atom. The number of hydrogen-bond acceptors (Lipinski definition) is 2. The normalized spacial score (nSPS) is 10.9. The summed E-state index contributed by atoms with van der Waals surface area (Å²) in [5.41, 5.74) is 10.5. The van der Waals surface area contributed by atoms with E-state index in [1.165, 1.54) is 0 Å². The molecule has 0 aliphatic heterocycles. The first-order chi connectivity index (χ1) is 3.42. The lowest BCUT2D eigenvalue weighted by Gasteiger charge is -2.11. The van der Waals surface area contributed by atoms with E-state index in [1.807, 2.05) is 26.8 Å². The highest BCUT2D eigenvalue weighted by molar-refractivity contribution is 4.97. The van der Waals surface area contributed by atoms with Gasteiger partial charge >= 0.3 is 0 Å². The molecule has 0 unspecified atom stereocenters. The fourth-order valence-electron chi connectivity index (χ4n) is 0.500. The standard InChI is InChI=1S/C6H14N2/c1-6(2,3)4-5(7)8/h4H,7-8H2,1-3H3. The predicted molar refractivity (Wildman–Crippen MR) is 35.9 cm³/mol. The van der Waals surface area contributed by atoms with Crippen molar-refractivity contribution in [3.05, 3.63) is 11.9 Å². The zero-order valence-corrected chi connectivity index (χ0v) is 5.73. The SMILES string of the molecule is CC(C)(C)C=C(N)N. The van der Waals surface area contributed by atoms with E-state index in [0.29, 0.717) is 5.82 Å². The Bertz CT molecular complexity index is 93.6. The van der Waals surface area contributed by atoms with Crippen LogP contribution in [-0.4, -0.2) is 0 Å². The van der Waals surface area contributed by atoms with Crippen molar-refractivity contribution in [2.24, 2.45) is 16.9 Å². The van der Waals surface area contributed by atoms with Gasteiger partial charge in [0.2, 0.25) is 0 Å². The minimum absolute atomic E-state index is 0.110. The smallest absolute Gasteiger partial charge is 0.0897 e. The van der Waals surface area contributed by atoms with Crippen molar-refractivity contribution in [1.82, 2.24) is 0 Å². The summed E-state index contributed by atoms with van der Waals surface area (Å²) in [5.74, 6) is 0.400. The van der Waals surface area contributed by atoms with Gasteiger partial charge in [0.1, 0.15) is 0 Å². The summed E-state index contributed by atoms with van der Waals surface area (Å²) >= 11 is 0. The van der Waals surface area contributed by atoms with E-state index in [9.17, 15) is 0 Å². The van der Waals surface area contributed by atoms with Crippen molar-refractivity contribution in [2.45, 2.75) is 20.8 Å². The summed E-state index contributed by atoms with van der Waals surface area (Å²) in [5, 5.41) is 0. The molecule has 0 spiro atoms. The largest absolute Gasteiger partial charge is 0.386 e. The number of nitrogens with two attached hydrogens (primary N) is 2. The molecular formula is C6H14N2. The monoisotopic (exact) mass is 114 g/mol. The molecule has 0 aliphatic carbocycles. The Morgan fingerprint density at radius 1 is 1.25 bits per heavy atom. The molecule has 0 atom stereocenters. The Morgan fingerprint density at radius 2 is 1.62 bits per heavy atom. The summed E-state index contributed by atoms with van der Waals surface area (Å²) in [6.45, 7) is 6.14. The van der Waals surface area contributed by atoms with Crippen LogP contribution in [0.5, 0.6) is 0 Å². The average molecular weight is 114 g/mol. The van der Waals surface area contributed by atoms with Crippen molar-refractivity contribution < 1.29 is 0 Å². The fourth-order valence-corrected chi connectivity index (χ4v) is 0.500. The summed E-state index contributed by atoms with van der Waals surface area (Å²) in [6.07, 6.45) is 1.83. The molecule has 0 aromatic carbocycles. The van der Waals surface area contributed by atoms with Crippen molar-refractivity contribution in [3.8, 4) is 0 Å². The molecule has 0 rings (SSSR count).